The molecule has 0 radical (unpaired) electrons. The summed E-state index contributed by atoms with van der Waals surface area (Å²) in [5.41, 5.74) is 1.79. The molecule has 1 atom stereocenters. The molecule has 1 heterocycles. The molecule has 0 aliphatic rings. The average Bonchev–Trinajstić information content (AvgIpc) is 2.53. The van der Waals surface area contributed by atoms with E-state index < -0.39 is 6.10 Å². The molecule has 0 saturated heterocycles. The number of aliphatic hydroxyl groups is 1. The van der Waals surface area contributed by atoms with Gasteiger partial charge in [-0.3, -0.25) is 4.79 Å². The SMILES string of the molecule is Cc1c(-c2ccccc2OCC(O)CNC(C)(C)C)cn[nH]c1=O. The van der Waals surface area contributed by atoms with Crippen LogP contribution in [0.5, 0.6) is 5.75 Å². The first-order valence-corrected chi connectivity index (χ1v) is 7.97. The third-order valence-electron chi connectivity index (χ3n) is 3.58. The Morgan fingerprint density at radius 1 is 1.29 bits per heavy atom. The van der Waals surface area contributed by atoms with Gasteiger partial charge in [-0.15, -0.1) is 0 Å². The Morgan fingerprint density at radius 3 is 2.71 bits per heavy atom. The van der Waals surface area contributed by atoms with Crippen molar-refractivity contribution < 1.29 is 9.84 Å². The lowest BCUT2D eigenvalue weighted by atomic mass is 10.0. The normalized spacial score (nSPS) is 12.9. The number of benzene rings is 1. The Balaban J connectivity index is 2.12. The van der Waals surface area contributed by atoms with E-state index in [2.05, 4.69) is 15.5 Å². The number of ether oxygens (including phenoxy) is 1. The molecule has 1 unspecified atom stereocenters. The summed E-state index contributed by atoms with van der Waals surface area (Å²) in [6.07, 6.45) is 0.979. The summed E-state index contributed by atoms with van der Waals surface area (Å²) in [5.74, 6) is 0.614. The van der Waals surface area contributed by atoms with Crippen LogP contribution < -0.4 is 15.6 Å². The number of nitrogens with one attached hydrogen (secondary N) is 2. The fraction of sp³-hybridized carbons (Fsp3) is 0.444. The Kier molecular flexibility index (Phi) is 5.75. The second-order valence-electron chi connectivity index (χ2n) is 6.83. The van der Waals surface area contributed by atoms with Crippen molar-refractivity contribution in [1.29, 1.82) is 0 Å². The molecule has 0 aliphatic carbocycles. The first kappa shape index (κ1) is 18.2. The van der Waals surface area contributed by atoms with Crippen molar-refractivity contribution in [3.63, 3.8) is 0 Å². The maximum atomic E-state index is 11.8. The molecule has 3 N–H and O–H groups in total. The highest BCUT2D eigenvalue weighted by molar-refractivity contribution is 5.72. The lowest BCUT2D eigenvalue weighted by Gasteiger charge is -2.23. The van der Waals surface area contributed by atoms with Gasteiger partial charge in [-0.05, 0) is 33.8 Å². The first-order chi connectivity index (χ1) is 11.3. The van der Waals surface area contributed by atoms with E-state index in [0.717, 1.165) is 11.1 Å². The summed E-state index contributed by atoms with van der Waals surface area (Å²) in [6.45, 7) is 8.47. The fourth-order valence-corrected chi connectivity index (χ4v) is 2.21. The van der Waals surface area contributed by atoms with E-state index in [1.807, 2.05) is 45.0 Å². The van der Waals surface area contributed by atoms with Crippen molar-refractivity contribution in [2.24, 2.45) is 0 Å². The lowest BCUT2D eigenvalue weighted by molar-refractivity contribution is 0.100. The molecule has 1 aromatic carbocycles. The molecule has 2 rings (SSSR count). The molecule has 0 fully saturated rings. The number of nitrogens with zero attached hydrogens (tertiary/aromatic N) is 1. The van der Waals surface area contributed by atoms with E-state index in [9.17, 15) is 9.90 Å². The Hall–Kier alpha value is -2.18. The zero-order valence-corrected chi connectivity index (χ0v) is 14.6. The van der Waals surface area contributed by atoms with E-state index in [1.165, 1.54) is 0 Å². The molecule has 6 nitrogen and oxygen atoms in total. The van der Waals surface area contributed by atoms with Crippen molar-refractivity contribution in [2.75, 3.05) is 13.2 Å². The summed E-state index contributed by atoms with van der Waals surface area (Å²) >= 11 is 0. The highest BCUT2D eigenvalue weighted by Crippen LogP contribution is 2.30. The van der Waals surface area contributed by atoms with Crippen LogP contribution in [0, 0.1) is 6.92 Å². The molecule has 24 heavy (non-hydrogen) atoms. The van der Waals surface area contributed by atoms with E-state index >= 15 is 0 Å². The number of aromatic nitrogens is 2. The third kappa shape index (κ3) is 4.91. The van der Waals surface area contributed by atoms with Gasteiger partial charge in [0.1, 0.15) is 18.5 Å². The van der Waals surface area contributed by atoms with E-state index in [4.69, 9.17) is 4.74 Å². The highest BCUT2D eigenvalue weighted by atomic mass is 16.5. The number of hydrogen-bond donors (Lipinski definition) is 3. The predicted molar refractivity (Wildman–Crippen MR) is 94.3 cm³/mol. The van der Waals surface area contributed by atoms with Crippen molar-refractivity contribution in [1.82, 2.24) is 15.5 Å². The summed E-state index contributed by atoms with van der Waals surface area (Å²) in [5, 5.41) is 19.6. The summed E-state index contributed by atoms with van der Waals surface area (Å²) < 4.78 is 5.78. The molecule has 0 aliphatic heterocycles. The van der Waals surface area contributed by atoms with Gasteiger partial charge in [-0.1, -0.05) is 18.2 Å². The second kappa shape index (κ2) is 7.59. The van der Waals surface area contributed by atoms with Crippen LogP contribution in [-0.4, -0.2) is 40.1 Å². The lowest BCUT2D eigenvalue weighted by Crippen LogP contribution is -2.42. The number of aliphatic hydroxyl groups excluding tert-OH is 1. The molecular formula is C18H25N3O3. The van der Waals surface area contributed by atoms with Crippen molar-refractivity contribution in [3.05, 3.63) is 46.4 Å². The minimum Gasteiger partial charge on any atom is -0.490 e. The Bertz CT molecular complexity index is 735. The van der Waals surface area contributed by atoms with Gasteiger partial charge in [-0.2, -0.15) is 5.10 Å². The molecule has 130 valence electrons. The van der Waals surface area contributed by atoms with Gasteiger partial charge in [0.05, 0.1) is 6.20 Å². The van der Waals surface area contributed by atoms with Gasteiger partial charge >= 0.3 is 0 Å². The van der Waals surface area contributed by atoms with Crippen LogP contribution >= 0.6 is 0 Å². The quantitative estimate of drug-likeness (QED) is 0.752. The number of aromatic amines is 1. The van der Waals surface area contributed by atoms with Crippen LogP contribution in [0.25, 0.3) is 11.1 Å². The van der Waals surface area contributed by atoms with Gasteiger partial charge in [0.25, 0.3) is 5.56 Å². The van der Waals surface area contributed by atoms with E-state index in [-0.39, 0.29) is 17.7 Å². The van der Waals surface area contributed by atoms with Crippen LogP contribution in [0.4, 0.5) is 0 Å². The van der Waals surface area contributed by atoms with Crippen LogP contribution in [-0.2, 0) is 0 Å². The van der Waals surface area contributed by atoms with Gasteiger partial charge in [-0.25, -0.2) is 5.10 Å². The number of H-pyrrole nitrogens is 1. The number of β-amino-alcohol motifs (C(OH)–C–C–N with tert-alkyl or cyclic N) is 1. The Labute approximate surface area is 141 Å². The summed E-state index contributed by atoms with van der Waals surface area (Å²) in [7, 11) is 0. The van der Waals surface area contributed by atoms with Crippen LogP contribution in [0.15, 0.2) is 35.3 Å². The molecule has 6 heteroatoms. The van der Waals surface area contributed by atoms with Crippen LogP contribution in [0.2, 0.25) is 0 Å². The molecule has 0 bridgehead atoms. The number of hydrogen-bond acceptors (Lipinski definition) is 5. The molecular weight excluding hydrogens is 306 g/mol. The minimum atomic E-state index is -0.629. The largest absolute Gasteiger partial charge is 0.490 e. The van der Waals surface area contributed by atoms with E-state index in [0.29, 0.717) is 17.9 Å². The van der Waals surface area contributed by atoms with Crippen LogP contribution in [0.3, 0.4) is 0 Å². The smallest absolute Gasteiger partial charge is 0.267 e. The molecule has 0 amide bonds. The highest BCUT2D eigenvalue weighted by Gasteiger charge is 2.15. The zero-order chi connectivity index (χ0) is 17.7. The standard InChI is InChI=1S/C18H25N3O3/c1-12-15(10-20-21-17(12)23)14-7-5-6-8-16(14)24-11-13(22)9-19-18(2,3)4/h5-8,10,13,19,22H,9,11H2,1-4H3,(H,21,23). The summed E-state index contributed by atoms with van der Waals surface area (Å²) in [6, 6.07) is 7.42. The van der Waals surface area contributed by atoms with Gasteiger partial charge in [0, 0.05) is 28.8 Å². The molecule has 1 aromatic heterocycles. The Morgan fingerprint density at radius 2 is 2.00 bits per heavy atom. The molecule has 2 aromatic rings. The predicted octanol–water partition coefficient (Wildman–Crippen LogP) is 1.87. The maximum Gasteiger partial charge on any atom is 0.267 e. The number of para-hydroxylation sites is 1. The summed E-state index contributed by atoms with van der Waals surface area (Å²) in [4.78, 5) is 11.8. The average molecular weight is 331 g/mol. The van der Waals surface area contributed by atoms with Gasteiger partial charge in [0.15, 0.2) is 0 Å². The molecule has 0 saturated carbocycles. The molecule has 0 spiro atoms. The van der Waals surface area contributed by atoms with Crippen molar-refractivity contribution in [3.8, 4) is 16.9 Å². The van der Waals surface area contributed by atoms with Crippen molar-refractivity contribution in [2.45, 2.75) is 39.3 Å². The fourth-order valence-electron chi connectivity index (χ4n) is 2.21. The number of rotatable bonds is 6. The first-order valence-electron chi connectivity index (χ1n) is 7.97. The topological polar surface area (TPSA) is 87.2 Å². The zero-order valence-electron chi connectivity index (χ0n) is 14.6. The minimum absolute atomic E-state index is 0.0628. The van der Waals surface area contributed by atoms with Gasteiger partial charge in [0.2, 0.25) is 0 Å². The third-order valence-corrected chi connectivity index (χ3v) is 3.58. The van der Waals surface area contributed by atoms with Crippen LogP contribution in [0.1, 0.15) is 26.3 Å². The van der Waals surface area contributed by atoms with E-state index in [1.54, 1.807) is 13.1 Å². The maximum absolute atomic E-state index is 11.8. The van der Waals surface area contributed by atoms with Crippen molar-refractivity contribution >= 4 is 0 Å². The van der Waals surface area contributed by atoms with Gasteiger partial charge < -0.3 is 15.2 Å². The monoisotopic (exact) mass is 331 g/mol. The second-order valence-corrected chi connectivity index (χ2v) is 6.83.